The Kier molecular flexibility index (Phi) is 6.34. The zero-order valence-corrected chi connectivity index (χ0v) is 16.7. The minimum absolute atomic E-state index is 0.105. The number of carbonyl (C=O) groups is 2. The molecule has 0 aromatic heterocycles. The molecule has 2 aromatic rings. The average molecular weight is 381 g/mol. The third-order valence-corrected chi connectivity index (χ3v) is 5.01. The maximum Gasteiger partial charge on any atom is 0.310 e. The SMILES string of the molecule is Cc1ccc(C)c(OCCC(=O)O[C@@H](C)C(=O)N2CCc3ccccc3C2)c1. The second kappa shape index (κ2) is 8.91. The average Bonchev–Trinajstić information content (AvgIpc) is 2.69. The van der Waals surface area contributed by atoms with Crippen molar-refractivity contribution in [1.82, 2.24) is 4.90 Å². The molecule has 28 heavy (non-hydrogen) atoms. The van der Waals surface area contributed by atoms with Gasteiger partial charge in [-0.05, 0) is 55.5 Å². The van der Waals surface area contributed by atoms with Gasteiger partial charge >= 0.3 is 5.97 Å². The summed E-state index contributed by atoms with van der Waals surface area (Å²) in [5.74, 6) is 0.186. The molecular weight excluding hydrogens is 354 g/mol. The fourth-order valence-corrected chi connectivity index (χ4v) is 3.35. The van der Waals surface area contributed by atoms with Gasteiger partial charge in [0.25, 0.3) is 5.91 Å². The van der Waals surface area contributed by atoms with Crippen LogP contribution in [0, 0.1) is 13.8 Å². The van der Waals surface area contributed by atoms with Gasteiger partial charge in [0.1, 0.15) is 5.75 Å². The number of esters is 1. The molecule has 5 nitrogen and oxygen atoms in total. The van der Waals surface area contributed by atoms with Crippen molar-refractivity contribution in [1.29, 1.82) is 0 Å². The van der Waals surface area contributed by atoms with Gasteiger partial charge in [-0.2, -0.15) is 0 Å². The van der Waals surface area contributed by atoms with Crippen molar-refractivity contribution < 1.29 is 19.1 Å². The number of carbonyl (C=O) groups excluding carboxylic acids is 2. The van der Waals surface area contributed by atoms with Gasteiger partial charge in [-0.3, -0.25) is 9.59 Å². The fraction of sp³-hybridized carbons (Fsp3) is 0.391. The van der Waals surface area contributed by atoms with Crippen LogP contribution in [0.15, 0.2) is 42.5 Å². The molecule has 1 atom stereocenters. The molecule has 0 aliphatic carbocycles. The summed E-state index contributed by atoms with van der Waals surface area (Å²) in [4.78, 5) is 26.5. The minimum atomic E-state index is -0.793. The number of hydrogen-bond donors (Lipinski definition) is 0. The number of amides is 1. The van der Waals surface area contributed by atoms with Crippen molar-refractivity contribution in [3.8, 4) is 5.75 Å². The van der Waals surface area contributed by atoms with Crippen molar-refractivity contribution in [2.45, 2.75) is 46.3 Å². The van der Waals surface area contributed by atoms with Crippen LogP contribution < -0.4 is 4.74 Å². The highest BCUT2D eigenvalue weighted by Gasteiger charge is 2.26. The Balaban J connectivity index is 1.46. The first-order valence-corrected chi connectivity index (χ1v) is 9.69. The fourth-order valence-electron chi connectivity index (χ4n) is 3.35. The van der Waals surface area contributed by atoms with E-state index in [9.17, 15) is 9.59 Å². The zero-order chi connectivity index (χ0) is 20.1. The Bertz CT molecular complexity index is 861. The van der Waals surface area contributed by atoms with Gasteiger partial charge in [0.05, 0.1) is 13.0 Å². The maximum atomic E-state index is 12.6. The van der Waals surface area contributed by atoms with E-state index in [0.29, 0.717) is 13.1 Å². The van der Waals surface area contributed by atoms with E-state index in [1.54, 1.807) is 11.8 Å². The monoisotopic (exact) mass is 381 g/mol. The molecule has 3 rings (SSSR count). The number of nitrogens with zero attached hydrogens (tertiary/aromatic N) is 1. The molecule has 1 amide bonds. The Labute approximate surface area is 166 Å². The van der Waals surface area contributed by atoms with Crippen LogP contribution in [0.5, 0.6) is 5.75 Å². The van der Waals surface area contributed by atoms with Crippen molar-refractivity contribution in [2.75, 3.05) is 13.2 Å². The van der Waals surface area contributed by atoms with Crippen molar-refractivity contribution in [3.05, 3.63) is 64.7 Å². The first-order chi connectivity index (χ1) is 13.4. The molecule has 0 fully saturated rings. The van der Waals surface area contributed by atoms with Gasteiger partial charge < -0.3 is 14.4 Å². The summed E-state index contributed by atoms with van der Waals surface area (Å²) < 4.78 is 11.0. The summed E-state index contributed by atoms with van der Waals surface area (Å²) in [6, 6.07) is 14.1. The third-order valence-electron chi connectivity index (χ3n) is 5.01. The quantitative estimate of drug-likeness (QED) is 0.718. The Morgan fingerprint density at radius 1 is 1.11 bits per heavy atom. The lowest BCUT2D eigenvalue weighted by molar-refractivity contribution is -0.160. The van der Waals surface area contributed by atoms with Gasteiger partial charge in [-0.1, -0.05) is 36.4 Å². The molecule has 2 aromatic carbocycles. The topological polar surface area (TPSA) is 55.8 Å². The number of benzene rings is 2. The molecule has 5 heteroatoms. The highest BCUT2D eigenvalue weighted by Crippen LogP contribution is 2.20. The molecule has 1 heterocycles. The number of rotatable bonds is 6. The number of ether oxygens (including phenoxy) is 2. The Hall–Kier alpha value is -2.82. The van der Waals surface area contributed by atoms with Gasteiger partial charge in [-0.15, -0.1) is 0 Å². The van der Waals surface area contributed by atoms with E-state index < -0.39 is 12.1 Å². The van der Waals surface area contributed by atoms with Crippen molar-refractivity contribution >= 4 is 11.9 Å². The lowest BCUT2D eigenvalue weighted by Gasteiger charge is -2.30. The van der Waals surface area contributed by atoms with Crippen LogP contribution in [0.4, 0.5) is 0 Å². The zero-order valence-electron chi connectivity index (χ0n) is 16.7. The summed E-state index contributed by atoms with van der Waals surface area (Å²) in [6.07, 6.45) is 0.138. The van der Waals surface area contributed by atoms with Gasteiger partial charge in [0, 0.05) is 13.1 Å². The highest BCUT2D eigenvalue weighted by atomic mass is 16.6. The predicted molar refractivity (Wildman–Crippen MR) is 107 cm³/mol. The van der Waals surface area contributed by atoms with E-state index in [4.69, 9.17) is 9.47 Å². The van der Waals surface area contributed by atoms with Crippen LogP contribution in [0.2, 0.25) is 0 Å². The molecule has 1 aliphatic rings. The normalized spacial score (nSPS) is 14.2. The van der Waals surface area contributed by atoms with Crippen LogP contribution >= 0.6 is 0 Å². The third kappa shape index (κ3) is 4.91. The molecule has 0 radical (unpaired) electrons. The molecule has 0 bridgehead atoms. The molecule has 0 N–H and O–H groups in total. The molecule has 0 unspecified atom stereocenters. The molecule has 1 aliphatic heterocycles. The van der Waals surface area contributed by atoms with Crippen LogP contribution in [-0.4, -0.2) is 36.0 Å². The lowest BCUT2D eigenvalue weighted by atomic mass is 9.99. The molecule has 0 spiro atoms. The van der Waals surface area contributed by atoms with E-state index in [-0.39, 0.29) is 18.9 Å². The summed E-state index contributed by atoms with van der Waals surface area (Å²) in [7, 11) is 0. The van der Waals surface area contributed by atoms with E-state index in [0.717, 1.165) is 28.9 Å². The standard InChI is InChI=1S/C23H27NO4/c1-16-8-9-17(2)21(14-16)27-13-11-22(25)28-18(3)23(26)24-12-10-19-6-4-5-7-20(19)15-24/h4-9,14,18H,10-13,15H2,1-3H3/t18-/m0/s1. The molecule has 0 saturated heterocycles. The Morgan fingerprint density at radius 2 is 1.86 bits per heavy atom. The van der Waals surface area contributed by atoms with E-state index in [1.165, 1.54) is 5.56 Å². The summed E-state index contributed by atoms with van der Waals surface area (Å²) >= 11 is 0. The van der Waals surface area contributed by atoms with Crippen LogP contribution in [-0.2, 0) is 27.3 Å². The van der Waals surface area contributed by atoms with Gasteiger partial charge in [0.2, 0.25) is 0 Å². The second-order valence-corrected chi connectivity index (χ2v) is 7.28. The number of hydrogen-bond acceptors (Lipinski definition) is 4. The number of fused-ring (bicyclic) bond motifs is 1. The first-order valence-electron chi connectivity index (χ1n) is 9.69. The first kappa shape index (κ1) is 19.9. The van der Waals surface area contributed by atoms with Gasteiger partial charge in [0.15, 0.2) is 6.10 Å². The predicted octanol–water partition coefficient (Wildman–Crippen LogP) is 3.59. The number of aryl methyl sites for hydroxylation is 2. The van der Waals surface area contributed by atoms with Crippen molar-refractivity contribution in [2.24, 2.45) is 0 Å². The molecule has 148 valence electrons. The highest BCUT2D eigenvalue weighted by molar-refractivity contribution is 5.83. The van der Waals surface area contributed by atoms with Gasteiger partial charge in [-0.25, -0.2) is 0 Å². The second-order valence-electron chi connectivity index (χ2n) is 7.28. The lowest BCUT2D eigenvalue weighted by Crippen LogP contribution is -2.42. The maximum absolute atomic E-state index is 12.6. The van der Waals surface area contributed by atoms with E-state index in [2.05, 4.69) is 6.07 Å². The van der Waals surface area contributed by atoms with E-state index in [1.807, 2.05) is 50.2 Å². The minimum Gasteiger partial charge on any atom is -0.493 e. The largest absolute Gasteiger partial charge is 0.493 e. The van der Waals surface area contributed by atoms with E-state index >= 15 is 0 Å². The van der Waals surface area contributed by atoms with Crippen molar-refractivity contribution in [3.63, 3.8) is 0 Å². The summed E-state index contributed by atoms with van der Waals surface area (Å²) in [6.45, 7) is 7.02. The van der Waals surface area contributed by atoms with Crippen LogP contribution in [0.25, 0.3) is 0 Å². The van der Waals surface area contributed by atoms with Crippen LogP contribution in [0.1, 0.15) is 35.6 Å². The molecule has 0 saturated carbocycles. The Morgan fingerprint density at radius 3 is 2.64 bits per heavy atom. The summed E-state index contributed by atoms with van der Waals surface area (Å²) in [5.41, 5.74) is 4.56. The molecular formula is C23H27NO4. The summed E-state index contributed by atoms with van der Waals surface area (Å²) in [5, 5.41) is 0. The smallest absolute Gasteiger partial charge is 0.310 e. The van der Waals surface area contributed by atoms with Crippen LogP contribution in [0.3, 0.4) is 0 Å².